The number of imidazole rings is 1. The van der Waals surface area contributed by atoms with Crippen LogP contribution in [0.4, 0.5) is 5.82 Å². The lowest BCUT2D eigenvalue weighted by Crippen LogP contribution is -2.24. The highest BCUT2D eigenvalue weighted by Gasteiger charge is 2.28. The highest BCUT2D eigenvalue weighted by molar-refractivity contribution is 5.56. The van der Waals surface area contributed by atoms with Crippen LogP contribution in [0.15, 0.2) is 48.9 Å². The fraction of sp³-hybridized carbons (Fsp3) is 0.304. The summed E-state index contributed by atoms with van der Waals surface area (Å²) >= 11 is 0. The normalized spacial score (nSPS) is 15.7. The number of benzene rings is 2. The van der Waals surface area contributed by atoms with Gasteiger partial charge in [-0.25, -0.2) is 4.98 Å². The highest BCUT2D eigenvalue weighted by Crippen LogP contribution is 2.42. The van der Waals surface area contributed by atoms with Crippen LogP contribution < -0.4 is 19.1 Å². The summed E-state index contributed by atoms with van der Waals surface area (Å²) in [6.07, 6.45) is 5.82. The number of para-hydroxylation sites is 1. The Labute approximate surface area is 176 Å². The van der Waals surface area contributed by atoms with Crippen LogP contribution in [0.3, 0.4) is 0 Å². The van der Waals surface area contributed by atoms with E-state index in [1.807, 2.05) is 48.4 Å². The number of methoxy groups -OCH3 is 2. The molecule has 3 aromatic rings. The monoisotopic (exact) mass is 404 g/mol. The number of hydrogen-bond donors (Lipinski definition) is 0. The molecule has 0 unspecified atom stereocenters. The van der Waals surface area contributed by atoms with Crippen molar-refractivity contribution in [2.45, 2.75) is 18.9 Å². The molecule has 0 bridgehead atoms. The van der Waals surface area contributed by atoms with Gasteiger partial charge in [-0.1, -0.05) is 12.1 Å². The zero-order valence-corrected chi connectivity index (χ0v) is 17.3. The molecule has 1 aliphatic heterocycles. The molecule has 0 radical (unpaired) electrons. The quantitative estimate of drug-likeness (QED) is 0.605. The van der Waals surface area contributed by atoms with Gasteiger partial charge in [0.25, 0.3) is 0 Å². The zero-order chi connectivity index (χ0) is 21.1. The Hall–Kier alpha value is -3.66. The third-order valence-electron chi connectivity index (χ3n) is 5.44. The summed E-state index contributed by atoms with van der Waals surface area (Å²) in [5.41, 5.74) is 1.57. The van der Waals surface area contributed by atoms with Crippen LogP contribution in [-0.2, 0) is 7.05 Å². The number of aryl methyl sites for hydroxylation is 1. The van der Waals surface area contributed by atoms with Crippen LogP contribution in [0.25, 0.3) is 0 Å². The molecule has 2 aromatic carbocycles. The van der Waals surface area contributed by atoms with Crippen LogP contribution in [0.2, 0.25) is 0 Å². The number of aromatic nitrogens is 2. The summed E-state index contributed by atoms with van der Waals surface area (Å²) in [4.78, 5) is 6.61. The van der Waals surface area contributed by atoms with E-state index < -0.39 is 0 Å². The van der Waals surface area contributed by atoms with Crippen LogP contribution in [0.1, 0.15) is 30.0 Å². The lowest BCUT2D eigenvalue weighted by Gasteiger charge is -2.27. The van der Waals surface area contributed by atoms with Gasteiger partial charge in [-0.15, -0.1) is 0 Å². The lowest BCUT2D eigenvalue weighted by molar-refractivity contribution is 0.336. The van der Waals surface area contributed by atoms with Crippen LogP contribution >= 0.6 is 0 Å². The summed E-state index contributed by atoms with van der Waals surface area (Å²) in [6.45, 7) is 0.962. The summed E-state index contributed by atoms with van der Waals surface area (Å²) < 4.78 is 19.0. The molecule has 0 saturated carbocycles. The smallest absolute Gasteiger partial charge is 0.203 e. The second-order valence-electron chi connectivity index (χ2n) is 7.18. The first-order valence-electron chi connectivity index (χ1n) is 9.82. The number of hydrogen-bond acceptors (Lipinski definition) is 6. The molecule has 30 heavy (non-hydrogen) atoms. The van der Waals surface area contributed by atoms with Crippen LogP contribution in [0, 0.1) is 11.3 Å². The summed E-state index contributed by atoms with van der Waals surface area (Å²) in [5.74, 6) is 3.15. The molecule has 0 N–H and O–H groups in total. The Balaban J connectivity index is 1.70. The predicted octanol–water partition coefficient (Wildman–Crippen LogP) is 4.44. The second-order valence-corrected chi connectivity index (χ2v) is 7.18. The third kappa shape index (κ3) is 3.52. The van der Waals surface area contributed by atoms with E-state index in [9.17, 15) is 5.26 Å². The Morgan fingerprint density at radius 1 is 1.10 bits per heavy atom. The lowest BCUT2D eigenvalue weighted by atomic mass is 10.0. The number of ether oxygens (including phenoxy) is 3. The van der Waals surface area contributed by atoms with Gasteiger partial charge in [-0.2, -0.15) is 5.26 Å². The minimum Gasteiger partial charge on any atom is -0.493 e. The number of nitriles is 1. The van der Waals surface area contributed by atoms with Crippen molar-refractivity contribution in [1.82, 2.24) is 9.55 Å². The molecule has 154 valence electrons. The average Bonchev–Trinajstić information content (AvgIpc) is 3.42. The van der Waals surface area contributed by atoms with Crippen LogP contribution in [0.5, 0.6) is 23.0 Å². The average molecular weight is 404 g/mol. The first-order chi connectivity index (χ1) is 14.7. The number of nitrogens with zero attached hydrogens (tertiary/aromatic N) is 4. The van der Waals surface area contributed by atoms with Crippen molar-refractivity contribution < 1.29 is 14.2 Å². The van der Waals surface area contributed by atoms with Crippen molar-refractivity contribution in [3.8, 4) is 29.1 Å². The molecule has 7 heteroatoms. The fourth-order valence-corrected chi connectivity index (χ4v) is 3.99. The maximum Gasteiger partial charge on any atom is 0.203 e. The maximum atomic E-state index is 9.61. The molecule has 0 aliphatic carbocycles. The van der Waals surface area contributed by atoms with Crippen molar-refractivity contribution in [3.63, 3.8) is 0 Å². The molecule has 1 aliphatic rings. The maximum absolute atomic E-state index is 9.61. The van der Waals surface area contributed by atoms with E-state index >= 15 is 0 Å². The number of rotatable bonds is 6. The topological polar surface area (TPSA) is 72.5 Å². The van der Waals surface area contributed by atoms with E-state index in [2.05, 4.69) is 16.0 Å². The summed E-state index contributed by atoms with van der Waals surface area (Å²) in [5, 5.41) is 9.61. The van der Waals surface area contributed by atoms with E-state index in [1.54, 1.807) is 26.4 Å². The van der Waals surface area contributed by atoms with Gasteiger partial charge in [-0.05, 0) is 42.7 Å². The first-order valence-corrected chi connectivity index (χ1v) is 9.82. The molecule has 4 rings (SSSR count). The molecular formula is C23H24N4O3. The van der Waals surface area contributed by atoms with Gasteiger partial charge >= 0.3 is 0 Å². The van der Waals surface area contributed by atoms with Crippen molar-refractivity contribution in [2.24, 2.45) is 7.05 Å². The summed E-state index contributed by atoms with van der Waals surface area (Å²) in [7, 11) is 5.15. The van der Waals surface area contributed by atoms with Gasteiger partial charge in [0, 0.05) is 13.6 Å². The van der Waals surface area contributed by atoms with Gasteiger partial charge < -0.3 is 23.7 Å². The van der Waals surface area contributed by atoms with Gasteiger partial charge in [0.05, 0.1) is 38.3 Å². The Bertz CT molecular complexity index is 1090. The molecule has 1 fully saturated rings. The Kier molecular flexibility index (Phi) is 5.48. The van der Waals surface area contributed by atoms with Crippen molar-refractivity contribution in [3.05, 3.63) is 60.0 Å². The molecule has 0 spiro atoms. The molecule has 1 aromatic heterocycles. The van der Waals surface area contributed by atoms with Gasteiger partial charge in [-0.3, -0.25) is 0 Å². The zero-order valence-electron chi connectivity index (χ0n) is 17.3. The van der Waals surface area contributed by atoms with E-state index in [-0.39, 0.29) is 6.04 Å². The molecular weight excluding hydrogens is 380 g/mol. The summed E-state index contributed by atoms with van der Waals surface area (Å²) in [6, 6.07) is 13.6. The second kappa shape index (κ2) is 8.37. The largest absolute Gasteiger partial charge is 0.493 e. The highest BCUT2D eigenvalue weighted by atomic mass is 16.5. The van der Waals surface area contributed by atoms with Gasteiger partial charge in [0.15, 0.2) is 11.5 Å². The molecule has 1 saturated heterocycles. The minimum atomic E-state index is 0.197. The molecule has 7 nitrogen and oxygen atoms in total. The standard InChI is InChI=1S/C23H24N4O3/c1-26-15-25-14-22(26)27-11-5-6-18(27)16-9-10-17(13-24)21(12-16)30-20-8-4-7-19(28-2)23(20)29-3/h4,7-10,12,14-15,18H,5-6,11H2,1-3H3/t18-/m0/s1. The molecule has 0 amide bonds. The van der Waals surface area contributed by atoms with E-state index in [0.29, 0.717) is 28.6 Å². The predicted molar refractivity (Wildman–Crippen MR) is 113 cm³/mol. The Morgan fingerprint density at radius 2 is 1.93 bits per heavy atom. The minimum absolute atomic E-state index is 0.197. The van der Waals surface area contributed by atoms with Crippen molar-refractivity contribution >= 4 is 5.82 Å². The molecule has 2 heterocycles. The van der Waals surface area contributed by atoms with E-state index in [1.165, 1.54) is 0 Å². The van der Waals surface area contributed by atoms with Crippen molar-refractivity contribution in [2.75, 3.05) is 25.7 Å². The van der Waals surface area contributed by atoms with Gasteiger partial charge in [0.1, 0.15) is 17.6 Å². The van der Waals surface area contributed by atoms with Crippen LogP contribution in [-0.4, -0.2) is 30.3 Å². The SMILES string of the molecule is COc1cccc(Oc2cc([C@@H]3CCCN3c3cncn3C)ccc2C#N)c1OC. The number of anilines is 1. The first kappa shape index (κ1) is 19.6. The molecule has 1 atom stereocenters. The van der Waals surface area contributed by atoms with E-state index in [4.69, 9.17) is 14.2 Å². The fourth-order valence-electron chi connectivity index (χ4n) is 3.99. The third-order valence-corrected chi connectivity index (χ3v) is 5.44. The Morgan fingerprint density at radius 3 is 2.63 bits per heavy atom. The van der Waals surface area contributed by atoms with E-state index in [0.717, 1.165) is 30.8 Å². The van der Waals surface area contributed by atoms with Crippen molar-refractivity contribution in [1.29, 1.82) is 5.26 Å². The van der Waals surface area contributed by atoms with Gasteiger partial charge in [0.2, 0.25) is 5.75 Å².